The van der Waals surface area contributed by atoms with Gasteiger partial charge in [0, 0.05) is 12.8 Å². The number of phosphoric acid groups is 1. The third-order valence-electron chi connectivity index (χ3n) is 12.4. The van der Waals surface area contributed by atoms with Gasteiger partial charge in [-0.3, -0.25) is 14.2 Å². The van der Waals surface area contributed by atoms with E-state index in [1.807, 2.05) is 33.3 Å². The van der Waals surface area contributed by atoms with Crippen molar-refractivity contribution >= 4 is 19.7 Å². The molecule has 0 aliphatic heterocycles. The van der Waals surface area contributed by atoms with Crippen LogP contribution in [-0.4, -0.2) is 69.4 Å². The summed E-state index contributed by atoms with van der Waals surface area (Å²) in [5.74, 6) is -0.613. The van der Waals surface area contributed by atoms with Gasteiger partial charge in [0.05, 0.1) is 33.8 Å². The van der Waals surface area contributed by atoms with E-state index >= 15 is 0 Å². The Kier molecular flexibility index (Phi) is 48.2. The number of allylic oxidation sites excluding steroid dienone is 11. The Balaban J connectivity index is 5.45. The van der Waals surface area contributed by atoms with Gasteiger partial charge in [0.25, 0.3) is 7.82 Å². The number of esters is 1. The molecular formula is C60H109N2O7P. The predicted molar refractivity (Wildman–Crippen MR) is 298 cm³/mol. The molecule has 0 heterocycles. The number of rotatable bonds is 51. The van der Waals surface area contributed by atoms with Crippen LogP contribution >= 0.6 is 7.82 Å². The van der Waals surface area contributed by atoms with Gasteiger partial charge < -0.3 is 28.5 Å². The van der Waals surface area contributed by atoms with Gasteiger partial charge >= 0.3 is 5.97 Å². The first-order valence-corrected chi connectivity index (χ1v) is 30.2. The zero-order chi connectivity index (χ0) is 51.5. The molecule has 1 amide bonds. The second-order valence-corrected chi connectivity index (χ2v) is 21.8. The third-order valence-corrected chi connectivity index (χ3v) is 13.3. The van der Waals surface area contributed by atoms with Crippen LogP contribution in [0.3, 0.4) is 0 Å². The molecule has 0 aromatic heterocycles. The maximum atomic E-state index is 13.5. The highest BCUT2D eigenvalue weighted by molar-refractivity contribution is 7.45. The minimum absolute atomic E-state index is 0.0352. The molecule has 0 aromatic carbocycles. The molecule has 0 saturated heterocycles. The molecule has 9 nitrogen and oxygen atoms in total. The third kappa shape index (κ3) is 50.4. The largest absolute Gasteiger partial charge is 0.756 e. The van der Waals surface area contributed by atoms with Crippen LogP contribution in [0.1, 0.15) is 245 Å². The van der Waals surface area contributed by atoms with E-state index in [2.05, 4.69) is 86.8 Å². The molecule has 0 fully saturated rings. The van der Waals surface area contributed by atoms with E-state index in [1.54, 1.807) is 0 Å². The molecular weight excluding hydrogens is 892 g/mol. The van der Waals surface area contributed by atoms with E-state index in [0.717, 1.165) is 77.0 Å². The van der Waals surface area contributed by atoms with Crippen molar-refractivity contribution in [2.24, 2.45) is 0 Å². The van der Waals surface area contributed by atoms with Crippen LogP contribution in [-0.2, 0) is 27.9 Å². The zero-order valence-corrected chi connectivity index (χ0v) is 47.1. The molecule has 0 aliphatic rings. The molecule has 0 rings (SSSR count). The van der Waals surface area contributed by atoms with Crippen LogP contribution in [0.4, 0.5) is 0 Å². The molecule has 0 saturated carbocycles. The summed E-state index contributed by atoms with van der Waals surface area (Å²) in [6, 6.07) is -0.919. The summed E-state index contributed by atoms with van der Waals surface area (Å²) in [6.07, 6.45) is 63.0. The van der Waals surface area contributed by atoms with Crippen molar-refractivity contribution < 1.29 is 37.3 Å². The Morgan fingerprint density at radius 2 is 0.886 bits per heavy atom. The Hall–Kier alpha value is -2.55. The van der Waals surface area contributed by atoms with Gasteiger partial charge in [-0.1, -0.05) is 210 Å². The number of hydrogen-bond donors (Lipinski definition) is 1. The number of phosphoric ester groups is 1. The Morgan fingerprint density at radius 1 is 0.500 bits per heavy atom. The molecule has 0 aliphatic carbocycles. The van der Waals surface area contributed by atoms with Crippen LogP contribution in [0.5, 0.6) is 0 Å². The maximum absolute atomic E-state index is 13.5. The van der Waals surface area contributed by atoms with Crippen LogP contribution in [0, 0.1) is 0 Å². The monoisotopic (exact) mass is 1000 g/mol. The Morgan fingerprint density at radius 3 is 1.39 bits per heavy atom. The molecule has 1 N–H and O–H groups in total. The minimum atomic E-state index is -4.71. The first kappa shape index (κ1) is 67.5. The van der Waals surface area contributed by atoms with Crippen molar-refractivity contribution in [2.75, 3.05) is 40.9 Å². The smallest absolute Gasteiger partial charge is 0.306 e. The summed E-state index contributed by atoms with van der Waals surface area (Å²) in [7, 11) is 1.14. The number of unbranched alkanes of at least 4 members (excludes halogenated alkanes) is 25. The van der Waals surface area contributed by atoms with Gasteiger partial charge in [-0.2, -0.15) is 0 Å². The Bertz CT molecular complexity index is 1430. The second-order valence-electron chi connectivity index (χ2n) is 20.4. The van der Waals surface area contributed by atoms with Crippen LogP contribution in [0.25, 0.3) is 0 Å². The molecule has 0 spiro atoms. The molecule has 3 atom stereocenters. The first-order chi connectivity index (χ1) is 33.9. The maximum Gasteiger partial charge on any atom is 0.306 e. The van der Waals surface area contributed by atoms with Crippen LogP contribution < -0.4 is 10.2 Å². The summed E-state index contributed by atoms with van der Waals surface area (Å²) >= 11 is 0. The molecule has 0 aromatic rings. The highest BCUT2D eigenvalue weighted by Gasteiger charge is 2.27. The fraction of sp³-hybridized carbons (Fsp3) is 0.767. The van der Waals surface area contributed by atoms with Gasteiger partial charge in [-0.25, -0.2) is 0 Å². The summed E-state index contributed by atoms with van der Waals surface area (Å²) < 4.78 is 30.2. The van der Waals surface area contributed by atoms with Crippen LogP contribution in [0.2, 0.25) is 0 Å². The minimum Gasteiger partial charge on any atom is -0.756 e. The Labute approximate surface area is 432 Å². The lowest BCUT2D eigenvalue weighted by atomic mass is 10.1. The highest BCUT2D eigenvalue weighted by Crippen LogP contribution is 2.38. The average Bonchev–Trinajstić information content (AvgIpc) is 3.32. The lowest BCUT2D eigenvalue weighted by Crippen LogP contribution is -2.47. The van der Waals surface area contributed by atoms with Crippen molar-refractivity contribution in [3.63, 3.8) is 0 Å². The highest BCUT2D eigenvalue weighted by atomic mass is 31.2. The number of amides is 1. The summed E-state index contributed by atoms with van der Waals surface area (Å²) in [5, 5.41) is 2.98. The van der Waals surface area contributed by atoms with Gasteiger partial charge in [-0.05, 0) is 96.0 Å². The predicted octanol–water partition coefficient (Wildman–Crippen LogP) is 16.6. The SMILES string of the molecule is CCCCC/C=C\C/C=C\C/C=C\C/C=C\CCCC(=O)NC(COP(=O)([O-])OCC[N+](C)(C)C)C(/C=C/CCCCCCCCCCCC)OC(=O)CCCCCCCCC/C=C\CCCCCC. The lowest BCUT2D eigenvalue weighted by Gasteiger charge is -2.30. The quantitative estimate of drug-likeness (QED) is 0.0212. The number of carbonyl (C=O) groups is 2. The van der Waals surface area contributed by atoms with Crippen molar-refractivity contribution in [2.45, 2.75) is 258 Å². The average molecular weight is 1000 g/mol. The van der Waals surface area contributed by atoms with Crippen molar-refractivity contribution in [3.05, 3.63) is 72.9 Å². The topological polar surface area (TPSA) is 114 Å². The molecule has 70 heavy (non-hydrogen) atoms. The van der Waals surface area contributed by atoms with Crippen LogP contribution in [0.15, 0.2) is 72.9 Å². The fourth-order valence-corrected chi connectivity index (χ4v) is 8.58. The van der Waals surface area contributed by atoms with Gasteiger partial charge in [0.1, 0.15) is 19.3 Å². The number of nitrogens with one attached hydrogen (secondary N) is 1. The number of quaternary nitrogens is 1. The number of ether oxygens (including phenoxy) is 1. The summed E-state index contributed by atoms with van der Waals surface area (Å²) in [5.41, 5.74) is 0. The van der Waals surface area contributed by atoms with Crippen molar-refractivity contribution in [1.29, 1.82) is 0 Å². The van der Waals surface area contributed by atoms with Gasteiger partial charge in [-0.15, -0.1) is 0 Å². The molecule has 406 valence electrons. The number of hydrogen-bond acceptors (Lipinski definition) is 7. The van der Waals surface area contributed by atoms with E-state index in [-0.39, 0.29) is 31.3 Å². The standard InChI is InChI=1S/C60H109N2O7P/c1-7-10-13-16-19-22-25-28-30-31-33-34-37-40-43-46-49-52-59(63)61-57(56-68-70(65,66)67-55-54-62(4,5)6)58(51-48-45-42-39-36-27-24-21-18-15-12-9-3)69-60(64)53-50-47-44-41-38-35-32-29-26-23-20-17-14-11-8-2/h19,22-23,26,28,30,33-34,40,43,48,51,57-58H,7-18,20-21,24-25,27,29,31-32,35-39,41-42,44-47,49-50,52-56H2,1-6H3,(H-,61,63,65,66)/b22-19-,26-23-,30-28-,34-33-,43-40-,51-48+. The summed E-state index contributed by atoms with van der Waals surface area (Å²) in [6.45, 7) is 6.75. The fourth-order valence-electron chi connectivity index (χ4n) is 7.86. The normalized spacial score (nSPS) is 14.3. The number of likely N-dealkylation sites (N-methyl/N-ethyl adjacent to an activating group) is 1. The van der Waals surface area contributed by atoms with E-state index < -0.39 is 26.6 Å². The van der Waals surface area contributed by atoms with E-state index in [4.69, 9.17) is 13.8 Å². The number of nitrogens with zero attached hydrogens (tertiary/aromatic N) is 1. The van der Waals surface area contributed by atoms with E-state index in [1.165, 1.54) is 128 Å². The molecule has 0 radical (unpaired) electrons. The van der Waals surface area contributed by atoms with Crippen molar-refractivity contribution in [1.82, 2.24) is 5.32 Å². The first-order valence-electron chi connectivity index (χ1n) is 28.7. The van der Waals surface area contributed by atoms with E-state index in [9.17, 15) is 19.0 Å². The summed E-state index contributed by atoms with van der Waals surface area (Å²) in [4.78, 5) is 39.8. The lowest BCUT2D eigenvalue weighted by molar-refractivity contribution is -0.870. The molecule has 0 bridgehead atoms. The number of carbonyl (C=O) groups excluding carboxylic acids is 2. The van der Waals surface area contributed by atoms with E-state index in [0.29, 0.717) is 17.4 Å². The van der Waals surface area contributed by atoms with Gasteiger partial charge in [0.15, 0.2) is 0 Å². The molecule has 10 heteroatoms. The second kappa shape index (κ2) is 50.0. The van der Waals surface area contributed by atoms with Gasteiger partial charge in [0.2, 0.25) is 5.91 Å². The van der Waals surface area contributed by atoms with Crippen molar-refractivity contribution in [3.8, 4) is 0 Å². The zero-order valence-electron chi connectivity index (χ0n) is 46.2. The molecule has 3 unspecified atom stereocenters.